The molecule has 0 radical (unpaired) electrons. The summed E-state index contributed by atoms with van der Waals surface area (Å²) in [7, 11) is 3.51. The van der Waals surface area contributed by atoms with Crippen LogP contribution < -0.4 is 5.32 Å². The van der Waals surface area contributed by atoms with Crippen LogP contribution >= 0.6 is 0 Å². The summed E-state index contributed by atoms with van der Waals surface area (Å²) in [5.74, 6) is 1.43. The first-order valence-electron chi connectivity index (χ1n) is 7.25. The molecule has 0 saturated carbocycles. The average molecular weight is 298 g/mol. The number of hydrogen-bond acceptors (Lipinski definition) is 6. The van der Waals surface area contributed by atoms with E-state index in [2.05, 4.69) is 15.5 Å². The minimum Gasteiger partial charge on any atom is -0.385 e. The van der Waals surface area contributed by atoms with Gasteiger partial charge in [0.05, 0.1) is 12.6 Å². The highest BCUT2D eigenvalue weighted by molar-refractivity contribution is 5.77. The minimum atomic E-state index is -0.102. The molecule has 7 nitrogen and oxygen atoms in total. The molecule has 1 rings (SSSR count). The molecule has 1 heterocycles. The average Bonchev–Trinajstić information content (AvgIpc) is 2.92. The summed E-state index contributed by atoms with van der Waals surface area (Å²) in [6, 6.07) is -0.102. The molecular weight excluding hydrogens is 272 g/mol. The summed E-state index contributed by atoms with van der Waals surface area (Å²) in [5, 5.41) is 6.79. The van der Waals surface area contributed by atoms with E-state index in [1.165, 1.54) is 0 Å². The Kier molecular flexibility index (Phi) is 7.31. The molecule has 1 atom stereocenters. The van der Waals surface area contributed by atoms with Gasteiger partial charge in [-0.2, -0.15) is 4.98 Å². The first-order chi connectivity index (χ1) is 9.95. The Labute approximate surface area is 126 Å². The van der Waals surface area contributed by atoms with E-state index in [0.29, 0.717) is 24.9 Å². The first-order valence-corrected chi connectivity index (χ1v) is 7.25. The van der Waals surface area contributed by atoms with Crippen LogP contribution in [0.4, 0.5) is 0 Å². The van der Waals surface area contributed by atoms with Gasteiger partial charge >= 0.3 is 0 Å². The van der Waals surface area contributed by atoms with Crippen LogP contribution in [0.5, 0.6) is 0 Å². The molecule has 0 saturated heterocycles. The lowest BCUT2D eigenvalue weighted by molar-refractivity contribution is -0.122. The Morgan fingerprint density at radius 2 is 2.14 bits per heavy atom. The van der Waals surface area contributed by atoms with E-state index in [0.717, 1.165) is 6.42 Å². The van der Waals surface area contributed by atoms with Crippen molar-refractivity contribution in [3.05, 3.63) is 11.7 Å². The Bertz CT molecular complexity index is 434. The third kappa shape index (κ3) is 5.81. The smallest absolute Gasteiger partial charge is 0.243 e. The normalized spacial score (nSPS) is 12.9. The molecule has 0 aliphatic heterocycles. The fourth-order valence-corrected chi connectivity index (χ4v) is 1.70. The fourth-order valence-electron chi connectivity index (χ4n) is 1.70. The molecule has 0 spiro atoms. The fraction of sp³-hybridized carbons (Fsp3) is 0.786. The van der Waals surface area contributed by atoms with Crippen molar-refractivity contribution >= 4 is 5.91 Å². The van der Waals surface area contributed by atoms with Crippen molar-refractivity contribution in [1.29, 1.82) is 0 Å². The number of likely N-dealkylation sites (N-methyl/N-ethyl adjacent to an activating group) is 1. The summed E-state index contributed by atoms with van der Waals surface area (Å²) in [6.07, 6.45) is 0.808. The predicted octanol–water partition coefficient (Wildman–Crippen LogP) is 1.34. The number of nitrogens with one attached hydrogen (secondary N) is 1. The molecular formula is C14H26N4O3. The number of hydrogen-bond donors (Lipinski definition) is 1. The van der Waals surface area contributed by atoms with Crippen LogP contribution in [0.3, 0.4) is 0 Å². The summed E-state index contributed by atoms with van der Waals surface area (Å²) in [6.45, 7) is 7.51. The van der Waals surface area contributed by atoms with Crippen LogP contribution in [0.15, 0.2) is 4.52 Å². The standard InChI is InChI=1S/C14H26N4O3/c1-10(2)13-16-14(21-17-13)11(3)18(4)9-12(19)15-7-6-8-20-5/h10-11H,6-9H2,1-5H3,(H,15,19)/t11-/m1/s1. The van der Waals surface area contributed by atoms with Gasteiger partial charge in [0.25, 0.3) is 0 Å². The number of rotatable bonds is 9. The Balaban J connectivity index is 2.42. The maximum atomic E-state index is 11.8. The summed E-state index contributed by atoms with van der Waals surface area (Å²) >= 11 is 0. The molecule has 1 aromatic heterocycles. The van der Waals surface area contributed by atoms with Crippen LogP contribution in [0.1, 0.15) is 50.9 Å². The van der Waals surface area contributed by atoms with E-state index >= 15 is 0 Å². The van der Waals surface area contributed by atoms with E-state index in [1.807, 2.05) is 32.7 Å². The molecule has 0 bridgehead atoms. The number of carbonyl (C=O) groups excluding carboxylic acids is 1. The molecule has 120 valence electrons. The number of ether oxygens (including phenoxy) is 1. The van der Waals surface area contributed by atoms with Crippen molar-refractivity contribution < 1.29 is 14.1 Å². The monoisotopic (exact) mass is 298 g/mol. The largest absolute Gasteiger partial charge is 0.385 e. The van der Waals surface area contributed by atoms with E-state index in [9.17, 15) is 4.79 Å². The highest BCUT2D eigenvalue weighted by Crippen LogP contribution is 2.18. The van der Waals surface area contributed by atoms with E-state index in [-0.39, 0.29) is 24.4 Å². The lowest BCUT2D eigenvalue weighted by atomic mass is 10.2. The number of nitrogens with zero attached hydrogens (tertiary/aromatic N) is 3. The quantitative estimate of drug-likeness (QED) is 0.693. The van der Waals surface area contributed by atoms with Gasteiger partial charge in [-0.25, -0.2) is 0 Å². The van der Waals surface area contributed by atoms with Gasteiger partial charge in [0.1, 0.15) is 0 Å². The molecule has 0 aliphatic carbocycles. The number of carbonyl (C=O) groups is 1. The molecule has 0 fully saturated rings. The Morgan fingerprint density at radius 1 is 1.43 bits per heavy atom. The zero-order valence-corrected chi connectivity index (χ0v) is 13.5. The Hall–Kier alpha value is -1.47. The molecule has 7 heteroatoms. The van der Waals surface area contributed by atoms with Crippen LogP contribution in [-0.2, 0) is 9.53 Å². The molecule has 1 N–H and O–H groups in total. The zero-order chi connectivity index (χ0) is 15.8. The van der Waals surface area contributed by atoms with Gasteiger partial charge < -0.3 is 14.6 Å². The van der Waals surface area contributed by atoms with E-state index < -0.39 is 0 Å². The summed E-state index contributed by atoms with van der Waals surface area (Å²) < 4.78 is 10.2. The Morgan fingerprint density at radius 3 is 2.71 bits per heavy atom. The predicted molar refractivity (Wildman–Crippen MR) is 78.9 cm³/mol. The second kappa shape index (κ2) is 8.74. The van der Waals surface area contributed by atoms with Gasteiger partial charge in [-0.05, 0) is 20.4 Å². The van der Waals surface area contributed by atoms with Crippen LogP contribution in [0.25, 0.3) is 0 Å². The van der Waals surface area contributed by atoms with E-state index in [1.54, 1.807) is 7.11 Å². The lowest BCUT2D eigenvalue weighted by Gasteiger charge is -2.20. The topological polar surface area (TPSA) is 80.5 Å². The number of amides is 1. The van der Waals surface area contributed by atoms with Crippen molar-refractivity contribution in [3.8, 4) is 0 Å². The van der Waals surface area contributed by atoms with Crippen molar-refractivity contribution in [1.82, 2.24) is 20.4 Å². The molecule has 1 amide bonds. The second-order valence-corrected chi connectivity index (χ2v) is 5.43. The van der Waals surface area contributed by atoms with Crippen molar-refractivity contribution in [2.45, 2.75) is 39.2 Å². The molecule has 0 unspecified atom stereocenters. The summed E-state index contributed by atoms with van der Waals surface area (Å²) in [4.78, 5) is 18.0. The van der Waals surface area contributed by atoms with Gasteiger partial charge in [-0.15, -0.1) is 0 Å². The van der Waals surface area contributed by atoms with Gasteiger partial charge in [-0.1, -0.05) is 19.0 Å². The van der Waals surface area contributed by atoms with Crippen molar-refractivity contribution in [2.75, 3.05) is 33.9 Å². The summed E-state index contributed by atoms with van der Waals surface area (Å²) in [5.41, 5.74) is 0. The van der Waals surface area contributed by atoms with E-state index in [4.69, 9.17) is 9.26 Å². The van der Waals surface area contributed by atoms with Crippen LogP contribution in [0, 0.1) is 0 Å². The van der Waals surface area contributed by atoms with Gasteiger partial charge in [0.2, 0.25) is 11.8 Å². The number of methoxy groups -OCH3 is 1. The van der Waals surface area contributed by atoms with Crippen molar-refractivity contribution in [2.24, 2.45) is 0 Å². The third-order valence-corrected chi connectivity index (χ3v) is 3.23. The van der Waals surface area contributed by atoms with Gasteiger partial charge in [-0.3, -0.25) is 9.69 Å². The SMILES string of the molecule is COCCCNC(=O)CN(C)[C@H](C)c1nc(C(C)C)no1. The zero-order valence-electron chi connectivity index (χ0n) is 13.5. The molecule has 1 aromatic rings. The van der Waals surface area contributed by atoms with Crippen LogP contribution in [-0.4, -0.2) is 54.8 Å². The second-order valence-electron chi connectivity index (χ2n) is 5.43. The maximum absolute atomic E-state index is 11.8. The minimum absolute atomic E-state index is 0.0240. The lowest BCUT2D eigenvalue weighted by Crippen LogP contribution is -2.37. The van der Waals surface area contributed by atoms with Crippen molar-refractivity contribution in [3.63, 3.8) is 0 Å². The molecule has 21 heavy (non-hydrogen) atoms. The maximum Gasteiger partial charge on any atom is 0.243 e. The first kappa shape index (κ1) is 17.6. The molecule has 0 aliphatic rings. The highest BCUT2D eigenvalue weighted by Gasteiger charge is 2.21. The number of aromatic nitrogens is 2. The highest BCUT2D eigenvalue weighted by atomic mass is 16.5. The van der Waals surface area contributed by atoms with Gasteiger partial charge in [0, 0.05) is 26.2 Å². The van der Waals surface area contributed by atoms with Crippen LogP contribution in [0.2, 0.25) is 0 Å². The molecule has 0 aromatic carbocycles. The third-order valence-electron chi connectivity index (χ3n) is 3.23. The van der Waals surface area contributed by atoms with Gasteiger partial charge in [0.15, 0.2) is 5.82 Å².